The van der Waals surface area contributed by atoms with E-state index in [9.17, 15) is 5.11 Å². The summed E-state index contributed by atoms with van der Waals surface area (Å²) < 4.78 is 30.6. The van der Waals surface area contributed by atoms with E-state index in [0.717, 1.165) is 45.3 Å². The van der Waals surface area contributed by atoms with Crippen molar-refractivity contribution in [1.82, 2.24) is 0 Å². The predicted molar refractivity (Wildman–Crippen MR) is 212 cm³/mol. The molecule has 6 nitrogen and oxygen atoms in total. The molecule has 52 heavy (non-hydrogen) atoms. The highest BCUT2D eigenvalue weighted by atomic mass is 31.2. The van der Waals surface area contributed by atoms with Gasteiger partial charge in [-0.2, -0.15) is 0 Å². The highest BCUT2D eigenvalue weighted by Crippen LogP contribution is 2.46. The van der Waals surface area contributed by atoms with Gasteiger partial charge in [0, 0.05) is 32.0 Å². The van der Waals surface area contributed by atoms with Crippen molar-refractivity contribution in [2.75, 3.05) is 13.2 Å². The van der Waals surface area contributed by atoms with Crippen molar-refractivity contribution >= 4 is 29.1 Å². The molecule has 2 saturated carbocycles. The summed E-state index contributed by atoms with van der Waals surface area (Å²) in [5.74, 6) is 1.09. The fourth-order valence-electron chi connectivity index (χ4n) is 8.97. The van der Waals surface area contributed by atoms with Crippen molar-refractivity contribution in [3.63, 3.8) is 0 Å². The average Bonchev–Trinajstić information content (AvgIpc) is 3.73. The minimum atomic E-state index is -1.78. The molecule has 8 rings (SSSR count). The Kier molecular flexibility index (Phi) is 13.6. The zero-order valence-corrected chi connectivity index (χ0v) is 31.7. The van der Waals surface area contributed by atoms with Crippen molar-refractivity contribution < 1.29 is 28.8 Å². The first kappa shape index (κ1) is 37.8. The molecule has 0 spiro atoms. The lowest BCUT2D eigenvalue weighted by molar-refractivity contribution is -0.197. The van der Waals surface area contributed by atoms with Gasteiger partial charge in [0.2, 0.25) is 0 Å². The largest absolute Gasteiger partial charge is 0.368 e. The Morgan fingerprint density at radius 3 is 1.75 bits per heavy atom. The highest BCUT2D eigenvalue weighted by Gasteiger charge is 2.49. The van der Waals surface area contributed by atoms with Crippen LogP contribution < -0.4 is 15.9 Å². The van der Waals surface area contributed by atoms with E-state index in [1.807, 2.05) is 0 Å². The van der Waals surface area contributed by atoms with E-state index in [-0.39, 0.29) is 36.8 Å². The fraction of sp³-hybridized carbons (Fsp3) is 0.533. The second-order valence-electron chi connectivity index (χ2n) is 15.3. The summed E-state index contributed by atoms with van der Waals surface area (Å²) in [5, 5.41) is 14.1. The number of hydrogen-bond donors (Lipinski definition) is 1. The third-order valence-electron chi connectivity index (χ3n) is 11.8. The van der Waals surface area contributed by atoms with Crippen LogP contribution in [0.1, 0.15) is 83.5 Å². The van der Waals surface area contributed by atoms with E-state index in [1.54, 1.807) is 0 Å². The number of rotatable bonds is 10. The minimum absolute atomic E-state index is 0.0731. The van der Waals surface area contributed by atoms with E-state index in [4.69, 9.17) is 30.0 Å². The third-order valence-corrected chi connectivity index (χ3v) is 15.4. The van der Waals surface area contributed by atoms with Gasteiger partial charge in [-0.3, -0.25) is 0 Å². The van der Waals surface area contributed by atoms with Crippen LogP contribution in [0.15, 0.2) is 103 Å². The molecule has 0 radical (unpaired) electrons. The van der Waals surface area contributed by atoms with Crippen LogP contribution in [0.5, 0.6) is 0 Å². The molecule has 5 fully saturated rings. The van der Waals surface area contributed by atoms with Crippen LogP contribution in [-0.2, 0) is 23.7 Å². The average molecular weight is 727 g/mol. The quantitative estimate of drug-likeness (QED) is 0.168. The van der Waals surface area contributed by atoms with Gasteiger partial charge in [-0.25, -0.2) is 0 Å². The fourth-order valence-corrected chi connectivity index (χ4v) is 11.9. The Hall–Kier alpha value is -2.54. The Morgan fingerprint density at radius 1 is 0.673 bits per heavy atom. The Balaban J connectivity index is 0.000000180. The summed E-state index contributed by atoms with van der Waals surface area (Å²) in [6.45, 7) is -0.176. The Morgan fingerprint density at radius 2 is 1.21 bits per heavy atom. The zero-order chi connectivity index (χ0) is 35.6. The van der Waals surface area contributed by atoms with Gasteiger partial charge in [0.1, 0.15) is 0 Å². The van der Waals surface area contributed by atoms with Gasteiger partial charge in [-0.05, 0) is 86.0 Å². The molecule has 7 heteroatoms. The molecule has 3 unspecified atom stereocenters. The summed E-state index contributed by atoms with van der Waals surface area (Å²) in [4.78, 5) is 0. The van der Waals surface area contributed by atoms with Gasteiger partial charge in [-0.15, -0.1) is 0 Å². The molecule has 2 aliphatic carbocycles. The highest BCUT2D eigenvalue weighted by molar-refractivity contribution is 7.93. The third kappa shape index (κ3) is 9.39. The maximum Gasteiger partial charge on any atom is 0.158 e. The maximum atomic E-state index is 10.1. The number of ether oxygens (including phenoxy) is 5. The maximum absolute atomic E-state index is 10.1. The SMILES string of the molecule is C=P(c1ccccc1)(c1ccccc1)c1ccccc1.OC1C[C@@H]2[C@@H](/C=C/[C@@H](OC3CCCCO3)C3CCCCC3)[C@H](OC3CCCCO3)C[C@@H]2O1. The first-order valence-electron chi connectivity index (χ1n) is 20.0. The second-order valence-corrected chi connectivity index (χ2v) is 18.5. The first-order valence-corrected chi connectivity index (χ1v) is 22.0. The van der Waals surface area contributed by atoms with Crippen molar-refractivity contribution in [3.8, 4) is 0 Å². The molecule has 3 aromatic rings. The normalized spacial score (nSPS) is 30.4. The zero-order valence-electron chi connectivity index (χ0n) is 30.8. The van der Waals surface area contributed by atoms with Crippen molar-refractivity contribution in [2.24, 2.45) is 17.8 Å². The van der Waals surface area contributed by atoms with Crippen LogP contribution in [-0.4, -0.2) is 61.8 Å². The molecular formula is C45H59O6P. The Bertz CT molecular complexity index is 1440. The van der Waals surface area contributed by atoms with Gasteiger partial charge in [0.15, 0.2) is 18.9 Å². The van der Waals surface area contributed by atoms with E-state index < -0.39 is 13.2 Å². The smallest absolute Gasteiger partial charge is 0.158 e. The van der Waals surface area contributed by atoms with Crippen LogP contribution in [0.2, 0.25) is 0 Å². The lowest BCUT2D eigenvalue weighted by Gasteiger charge is -2.33. The lowest BCUT2D eigenvalue weighted by atomic mass is 9.84. The predicted octanol–water partition coefficient (Wildman–Crippen LogP) is 8.10. The standard InChI is InChI=1S/C26H42O6.C19H17P/c27-24-16-20-19(22(17-23(20)30-24)32-26-11-5-7-15-29-26)12-13-21(18-8-2-1-3-9-18)31-25-10-4-6-14-28-25;1-20(17-11-5-2-6-12-17,18-13-7-3-8-14-18)19-15-9-4-10-16-19/h12-13,18-27H,1-11,14-17H2;2-16H,1H2/b13-12+;/t19-,20-,21-,22-,23+,24?,25?,26?;/m1./s1. The number of benzene rings is 3. The van der Waals surface area contributed by atoms with Gasteiger partial charge in [0.05, 0.1) is 18.3 Å². The van der Waals surface area contributed by atoms with E-state index in [2.05, 4.69) is 103 Å². The summed E-state index contributed by atoms with van der Waals surface area (Å²) in [5.41, 5.74) is 0. The molecule has 0 amide bonds. The summed E-state index contributed by atoms with van der Waals surface area (Å²) >= 11 is 0. The van der Waals surface area contributed by atoms with Gasteiger partial charge >= 0.3 is 0 Å². The number of aliphatic hydroxyl groups excluding tert-OH is 1. The minimum Gasteiger partial charge on any atom is -0.368 e. The molecule has 0 aromatic heterocycles. The Labute approximate surface area is 311 Å². The van der Waals surface area contributed by atoms with Gasteiger partial charge in [-0.1, -0.05) is 129 Å². The molecule has 3 saturated heterocycles. The molecule has 5 aliphatic rings. The summed E-state index contributed by atoms with van der Waals surface area (Å²) in [7, 11) is 0. The monoisotopic (exact) mass is 726 g/mol. The topological polar surface area (TPSA) is 66.4 Å². The van der Waals surface area contributed by atoms with E-state index in [0.29, 0.717) is 18.3 Å². The van der Waals surface area contributed by atoms with Crippen LogP contribution >= 0.6 is 6.89 Å². The lowest BCUT2D eigenvalue weighted by Crippen LogP contribution is -2.33. The van der Waals surface area contributed by atoms with Gasteiger partial charge in [0.25, 0.3) is 0 Å². The molecule has 1 N–H and O–H groups in total. The number of aliphatic hydroxyl groups is 1. The molecule has 3 aromatic carbocycles. The number of fused-ring (bicyclic) bond motifs is 1. The molecule has 3 aliphatic heterocycles. The summed E-state index contributed by atoms with van der Waals surface area (Å²) in [6.07, 6.45) is 23.2. The molecule has 3 heterocycles. The van der Waals surface area contributed by atoms with E-state index in [1.165, 1.54) is 60.9 Å². The van der Waals surface area contributed by atoms with Crippen LogP contribution in [0.4, 0.5) is 0 Å². The molecule has 8 atom stereocenters. The number of hydrogen-bond acceptors (Lipinski definition) is 6. The van der Waals surface area contributed by atoms with Gasteiger partial charge < -0.3 is 28.8 Å². The summed E-state index contributed by atoms with van der Waals surface area (Å²) in [6, 6.07) is 31.9. The van der Waals surface area contributed by atoms with Crippen LogP contribution in [0, 0.1) is 17.8 Å². The van der Waals surface area contributed by atoms with E-state index >= 15 is 0 Å². The van der Waals surface area contributed by atoms with Crippen molar-refractivity contribution in [3.05, 3.63) is 103 Å². The first-order chi connectivity index (χ1) is 25.6. The van der Waals surface area contributed by atoms with Crippen molar-refractivity contribution in [1.29, 1.82) is 0 Å². The molecule has 280 valence electrons. The molecule has 0 bridgehead atoms. The van der Waals surface area contributed by atoms with Crippen LogP contribution in [0.3, 0.4) is 0 Å². The molecular weight excluding hydrogens is 667 g/mol. The van der Waals surface area contributed by atoms with Crippen molar-refractivity contribution in [2.45, 2.75) is 121 Å². The second kappa shape index (κ2) is 18.7. The van der Waals surface area contributed by atoms with Crippen LogP contribution in [0.25, 0.3) is 0 Å².